The van der Waals surface area contributed by atoms with Gasteiger partial charge >= 0.3 is 5.97 Å². The minimum atomic E-state index is -0.858. The Balaban J connectivity index is 1.99. The second-order valence-corrected chi connectivity index (χ2v) is 7.43. The second-order valence-electron chi connectivity index (χ2n) is 7.43. The van der Waals surface area contributed by atoms with E-state index in [-0.39, 0.29) is 6.10 Å². The summed E-state index contributed by atoms with van der Waals surface area (Å²) in [5.41, 5.74) is -0.0739. The van der Waals surface area contributed by atoms with Crippen LogP contribution in [-0.4, -0.2) is 49.3 Å². The van der Waals surface area contributed by atoms with Crippen LogP contribution >= 0.6 is 0 Å². The van der Waals surface area contributed by atoms with Crippen LogP contribution in [0.3, 0.4) is 0 Å². The van der Waals surface area contributed by atoms with Crippen molar-refractivity contribution >= 4 is 5.97 Å². The number of rotatable bonds is 5. The van der Waals surface area contributed by atoms with Crippen LogP contribution in [0, 0.1) is 0 Å². The van der Waals surface area contributed by atoms with Gasteiger partial charge in [-0.3, -0.25) is 4.79 Å². The highest BCUT2D eigenvalue weighted by Gasteiger charge is 2.44. The summed E-state index contributed by atoms with van der Waals surface area (Å²) in [6.45, 7) is 1.94. The Morgan fingerprint density at radius 2 is 2.00 bits per heavy atom. The number of aliphatic carboxylic acids is 1. The maximum atomic E-state index is 12.3. The number of methoxy groups -OCH3 is 1. The van der Waals surface area contributed by atoms with Crippen LogP contribution in [0.4, 0.5) is 0 Å². The van der Waals surface area contributed by atoms with Gasteiger partial charge in [-0.2, -0.15) is 0 Å². The normalized spacial score (nSPS) is 23.8. The lowest BCUT2D eigenvalue weighted by molar-refractivity contribution is -0.145. The minimum Gasteiger partial charge on any atom is -0.493 e. The smallest absolute Gasteiger partial charge is 0.314 e. The average molecular weight is 347 g/mol. The van der Waals surface area contributed by atoms with E-state index >= 15 is 0 Å². The maximum Gasteiger partial charge on any atom is 0.314 e. The number of piperidine rings is 1. The van der Waals surface area contributed by atoms with E-state index in [0.717, 1.165) is 50.8 Å². The van der Waals surface area contributed by atoms with Crippen molar-refractivity contribution in [1.82, 2.24) is 4.90 Å². The molecule has 0 spiro atoms. The Morgan fingerprint density at radius 1 is 1.24 bits per heavy atom. The van der Waals surface area contributed by atoms with Crippen LogP contribution in [-0.2, 0) is 10.2 Å². The van der Waals surface area contributed by atoms with Crippen LogP contribution in [0.5, 0.6) is 11.5 Å². The molecule has 0 bridgehead atoms. The van der Waals surface area contributed by atoms with E-state index in [4.69, 9.17) is 9.47 Å². The SMILES string of the molecule is COc1cccc(C2(C(=O)O)CCCCC2)c1OC1CCCN(C)C1. The Bertz CT molecular complexity index is 610. The molecule has 0 radical (unpaired) electrons. The summed E-state index contributed by atoms with van der Waals surface area (Å²) in [6.07, 6.45) is 6.46. The summed E-state index contributed by atoms with van der Waals surface area (Å²) in [7, 11) is 3.71. The molecule has 2 fully saturated rings. The number of para-hydroxylation sites is 1. The van der Waals surface area contributed by atoms with Gasteiger partial charge in [0.2, 0.25) is 0 Å². The first-order valence-corrected chi connectivity index (χ1v) is 9.33. The Hall–Kier alpha value is -1.75. The summed E-state index contributed by atoms with van der Waals surface area (Å²) >= 11 is 0. The van der Waals surface area contributed by atoms with Crippen LogP contribution in [0.25, 0.3) is 0 Å². The van der Waals surface area contributed by atoms with Gasteiger partial charge in [0.15, 0.2) is 11.5 Å². The Labute approximate surface area is 149 Å². The fourth-order valence-corrected chi connectivity index (χ4v) is 4.31. The second kappa shape index (κ2) is 7.65. The molecular weight excluding hydrogens is 318 g/mol. The van der Waals surface area contributed by atoms with Crippen molar-refractivity contribution in [3.8, 4) is 11.5 Å². The number of likely N-dealkylation sites (tertiary alicyclic amines) is 1. The standard InChI is InChI=1S/C20H29NO4/c1-21-13-7-8-15(14-21)25-18-16(9-6-10-17(18)24-2)20(19(22)23)11-4-3-5-12-20/h6,9-10,15H,3-5,7-8,11-14H2,1-2H3,(H,22,23). The molecule has 5 heteroatoms. The van der Waals surface area contributed by atoms with Crippen molar-refractivity contribution in [1.29, 1.82) is 0 Å². The Morgan fingerprint density at radius 3 is 2.64 bits per heavy atom. The number of carboxylic acid groups (broad SMARTS) is 1. The molecule has 1 saturated carbocycles. The van der Waals surface area contributed by atoms with E-state index in [2.05, 4.69) is 11.9 Å². The first-order chi connectivity index (χ1) is 12.1. The third-order valence-electron chi connectivity index (χ3n) is 5.70. The molecule has 0 aromatic heterocycles. The lowest BCUT2D eigenvalue weighted by Gasteiger charge is -2.37. The number of carbonyl (C=O) groups is 1. The van der Waals surface area contributed by atoms with Crippen LogP contribution in [0.2, 0.25) is 0 Å². The summed E-state index contributed by atoms with van der Waals surface area (Å²) in [5.74, 6) is 0.526. The first-order valence-electron chi connectivity index (χ1n) is 9.33. The molecule has 138 valence electrons. The highest BCUT2D eigenvalue weighted by atomic mass is 16.5. The molecule has 1 unspecified atom stereocenters. The van der Waals surface area contributed by atoms with Crippen LogP contribution in [0.1, 0.15) is 50.5 Å². The Kier molecular flexibility index (Phi) is 5.52. The third kappa shape index (κ3) is 3.61. The van der Waals surface area contributed by atoms with Crippen molar-refractivity contribution in [3.63, 3.8) is 0 Å². The molecule has 3 rings (SSSR count). The topological polar surface area (TPSA) is 59.0 Å². The third-order valence-corrected chi connectivity index (χ3v) is 5.70. The molecule has 1 aliphatic heterocycles. The predicted molar refractivity (Wildman–Crippen MR) is 96.5 cm³/mol. The summed E-state index contributed by atoms with van der Waals surface area (Å²) < 4.78 is 11.9. The zero-order valence-electron chi connectivity index (χ0n) is 15.3. The van der Waals surface area contributed by atoms with Gasteiger partial charge in [-0.25, -0.2) is 0 Å². The van der Waals surface area contributed by atoms with E-state index in [9.17, 15) is 9.90 Å². The van der Waals surface area contributed by atoms with Gasteiger partial charge in [0.05, 0.1) is 12.5 Å². The quantitative estimate of drug-likeness (QED) is 0.884. The molecule has 5 nitrogen and oxygen atoms in total. The van der Waals surface area contributed by atoms with Gasteiger partial charge < -0.3 is 19.5 Å². The molecular formula is C20H29NO4. The highest BCUT2D eigenvalue weighted by molar-refractivity contribution is 5.83. The van der Waals surface area contributed by atoms with Crippen LogP contribution in [0.15, 0.2) is 18.2 Å². The zero-order valence-corrected chi connectivity index (χ0v) is 15.3. The largest absolute Gasteiger partial charge is 0.493 e. The average Bonchev–Trinajstić information content (AvgIpc) is 2.62. The molecule has 0 amide bonds. The van der Waals surface area contributed by atoms with E-state index in [1.807, 2.05) is 18.2 Å². The van der Waals surface area contributed by atoms with Gasteiger partial charge in [0.1, 0.15) is 6.10 Å². The summed E-state index contributed by atoms with van der Waals surface area (Å²) in [6, 6.07) is 5.67. The maximum absolute atomic E-state index is 12.3. The molecule has 1 N–H and O–H groups in total. The van der Waals surface area contributed by atoms with Crippen molar-refractivity contribution in [3.05, 3.63) is 23.8 Å². The fourth-order valence-electron chi connectivity index (χ4n) is 4.31. The number of hydrogen-bond donors (Lipinski definition) is 1. The number of hydrogen-bond acceptors (Lipinski definition) is 4. The van der Waals surface area contributed by atoms with Crippen molar-refractivity contribution in [2.75, 3.05) is 27.2 Å². The van der Waals surface area contributed by atoms with E-state index < -0.39 is 11.4 Å². The highest BCUT2D eigenvalue weighted by Crippen LogP contribution is 2.47. The molecule has 2 aliphatic rings. The van der Waals surface area contributed by atoms with Crippen molar-refractivity contribution < 1.29 is 19.4 Å². The predicted octanol–water partition coefficient (Wildman–Crippen LogP) is 3.45. The van der Waals surface area contributed by atoms with Gasteiger partial charge in [-0.1, -0.05) is 31.4 Å². The molecule has 1 aliphatic carbocycles. The number of benzene rings is 1. The monoisotopic (exact) mass is 347 g/mol. The first kappa shape index (κ1) is 18.1. The van der Waals surface area contributed by atoms with Gasteiger partial charge in [-0.05, 0) is 45.3 Å². The van der Waals surface area contributed by atoms with Gasteiger partial charge in [0, 0.05) is 12.1 Å². The van der Waals surface area contributed by atoms with E-state index in [1.165, 1.54) is 0 Å². The van der Waals surface area contributed by atoms with Crippen LogP contribution < -0.4 is 9.47 Å². The van der Waals surface area contributed by atoms with Gasteiger partial charge in [0.25, 0.3) is 0 Å². The van der Waals surface area contributed by atoms with Crippen molar-refractivity contribution in [2.24, 2.45) is 0 Å². The minimum absolute atomic E-state index is 0.0724. The number of ether oxygens (including phenoxy) is 2. The number of carboxylic acids is 1. The summed E-state index contributed by atoms with van der Waals surface area (Å²) in [5, 5.41) is 10.1. The molecule has 1 saturated heterocycles. The molecule has 1 aromatic rings. The van der Waals surface area contributed by atoms with Gasteiger partial charge in [-0.15, -0.1) is 0 Å². The lowest BCUT2D eigenvalue weighted by atomic mass is 9.69. The molecule has 25 heavy (non-hydrogen) atoms. The lowest BCUT2D eigenvalue weighted by Crippen LogP contribution is -2.41. The number of likely N-dealkylation sites (N-methyl/N-ethyl adjacent to an activating group) is 1. The molecule has 1 aromatic carbocycles. The number of nitrogens with zero attached hydrogens (tertiary/aromatic N) is 1. The van der Waals surface area contributed by atoms with Crippen molar-refractivity contribution in [2.45, 2.75) is 56.5 Å². The van der Waals surface area contributed by atoms with E-state index in [0.29, 0.717) is 24.3 Å². The zero-order chi connectivity index (χ0) is 17.9. The van der Waals surface area contributed by atoms with E-state index in [1.54, 1.807) is 7.11 Å². The molecule has 1 heterocycles. The molecule has 1 atom stereocenters. The fraction of sp³-hybridized carbons (Fsp3) is 0.650. The summed E-state index contributed by atoms with van der Waals surface area (Å²) in [4.78, 5) is 14.5.